The van der Waals surface area contributed by atoms with Crippen molar-refractivity contribution in [3.8, 4) is 11.1 Å². The number of hydrogen-bond donors (Lipinski definition) is 0. The third kappa shape index (κ3) is 1.12. The van der Waals surface area contributed by atoms with Gasteiger partial charge in [-0.3, -0.25) is 0 Å². The van der Waals surface area contributed by atoms with E-state index in [1.54, 1.807) is 0 Å². The van der Waals surface area contributed by atoms with Crippen LogP contribution in [0.15, 0.2) is 42.5 Å². The molecule has 0 heteroatoms. The lowest BCUT2D eigenvalue weighted by molar-refractivity contribution is 1.70. The fourth-order valence-corrected chi connectivity index (χ4v) is 1.25. The van der Waals surface area contributed by atoms with Crippen molar-refractivity contribution in [2.24, 2.45) is 0 Å². The van der Waals surface area contributed by atoms with Gasteiger partial charge in [-0.25, -0.2) is 0 Å². The van der Waals surface area contributed by atoms with Gasteiger partial charge >= 0.3 is 0 Å². The van der Waals surface area contributed by atoms with Crippen LogP contribution >= 0.6 is 0 Å². The zero-order valence-corrected chi connectivity index (χ0v) is 6.25. The third-order valence-electron chi connectivity index (χ3n) is 1.81. The lowest BCUT2D eigenvalue weighted by Crippen LogP contribution is -1.64. The second-order valence-electron chi connectivity index (χ2n) is 2.68. The normalized spacial score (nSPS) is 10.3. The molecule has 0 spiro atoms. The highest BCUT2D eigenvalue weighted by Crippen LogP contribution is 2.21. The molecule has 0 N–H and O–H groups in total. The summed E-state index contributed by atoms with van der Waals surface area (Å²) < 4.78 is 0. The highest BCUT2D eigenvalue weighted by atomic mass is 14.0. The van der Waals surface area contributed by atoms with E-state index >= 15 is 0 Å². The van der Waals surface area contributed by atoms with E-state index < -0.39 is 0 Å². The van der Waals surface area contributed by atoms with Gasteiger partial charge in [-0.2, -0.15) is 0 Å². The van der Waals surface area contributed by atoms with Crippen LogP contribution in [0.25, 0.3) is 11.1 Å². The summed E-state index contributed by atoms with van der Waals surface area (Å²) in [4.78, 5) is 0. The Kier molecular flexibility index (Phi) is 1.39. The molecule has 1 radical (unpaired) electrons. The van der Waals surface area contributed by atoms with E-state index in [9.17, 15) is 0 Å². The first kappa shape index (κ1) is 6.41. The van der Waals surface area contributed by atoms with Crippen LogP contribution in [0.3, 0.4) is 0 Å². The molecule has 53 valence electrons. The fraction of sp³-hybridized carbons (Fsp3) is 0. The number of hydrogen-bond acceptors (Lipinski definition) is 0. The van der Waals surface area contributed by atoms with Crippen molar-refractivity contribution >= 4 is 0 Å². The van der Waals surface area contributed by atoms with Crippen LogP contribution in [0.2, 0.25) is 0 Å². The Balaban J connectivity index is 2.73. The Labute approximate surface area is 66.8 Å². The molecule has 0 unspecified atom stereocenters. The summed E-state index contributed by atoms with van der Waals surface area (Å²) in [7, 11) is 0. The maximum absolute atomic E-state index is 3.89. The van der Waals surface area contributed by atoms with Crippen LogP contribution in [0, 0.1) is 6.92 Å². The van der Waals surface area contributed by atoms with Gasteiger partial charge in [-0.15, -0.1) is 0 Å². The molecule has 0 aliphatic heterocycles. The van der Waals surface area contributed by atoms with E-state index in [1.165, 1.54) is 11.1 Å². The molecule has 0 nitrogen and oxygen atoms in total. The van der Waals surface area contributed by atoms with E-state index in [2.05, 4.69) is 37.3 Å². The first-order valence-corrected chi connectivity index (χ1v) is 3.67. The lowest BCUT2D eigenvalue weighted by Gasteiger charge is -1.88. The molecular weight excluding hydrogens is 132 g/mol. The molecule has 2 aliphatic carbocycles. The third-order valence-corrected chi connectivity index (χ3v) is 1.81. The van der Waals surface area contributed by atoms with Gasteiger partial charge in [0.05, 0.1) is 0 Å². The molecule has 0 aromatic rings. The SMILES string of the molecule is [CH2]c1cccc2cccc-2c1. The molecule has 0 saturated carbocycles. The molecule has 0 fully saturated rings. The van der Waals surface area contributed by atoms with Crippen molar-refractivity contribution in [3.63, 3.8) is 0 Å². The highest BCUT2D eigenvalue weighted by molar-refractivity contribution is 5.66. The molecular formula is C11H9. The van der Waals surface area contributed by atoms with Gasteiger partial charge in [0.15, 0.2) is 0 Å². The zero-order chi connectivity index (χ0) is 7.68. The van der Waals surface area contributed by atoms with Gasteiger partial charge in [0.2, 0.25) is 0 Å². The Hall–Kier alpha value is -1.30. The highest BCUT2D eigenvalue weighted by Gasteiger charge is 1.96. The standard InChI is InChI=1S/C11H9/c1-9-4-2-5-10-6-3-7-11(10)8-9/h2-8H,1H2. The first-order valence-electron chi connectivity index (χ1n) is 3.67. The molecule has 2 rings (SSSR count). The van der Waals surface area contributed by atoms with Gasteiger partial charge in [0, 0.05) is 0 Å². The largest absolute Gasteiger partial charge is 0.0614 e. The van der Waals surface area contributed by atoms with Crippen LogP contribution in [0.4, 0.5) is 0 Å². The maximum Gasteiger partial charge on any atom is -0.0181 e. The summed E-state index contributed by atoms with van der Waals surface area (Å²) in [5.41, 5.74) is 3.60. The summed E-state index contributed by atoms with van der Waals surface area (Å²) in [5, 5.41) is 0. The Bertz CT molecular complexity index is 336. The van der Waals surface area contributed by atoms with Gasteiger partial charge in [-0.05, 0) is 23.6 Å². The van der Waals surface area contributed by atoms with Crippen LogP contribution < -0.4 is 0 Å². The Morgan fingerprint density at radius 1 is 0.818 bits per heavy atom. The fourth-order valence-electron chi connectivity index (χ4n) is 1.25. The smallest absolute Gasteiger partial charge is 0.0181 e. The minimum Gasteiger partial charge on any atom is -0.0614 e. The quantitative estimate of drug-likeness (QED) is 0.529. The molecule has 0 amide bonds. The van der Waals surface area contributed by atoms with E-state index in [1.807, 2.05) is 12.1 Å². The van der Waals surface area contributed by atoms with E-state index in [0.29, 0.717) is 0 Å². The first-order chi connectivity index (χ1) is 5.36. The van der Waals surface area contributed by atoms with E-state index in [0.717, 1.165) is 5.56 Å². The second-order valence-corrected chi connectivity index (χ2v) is 2.68. The summed E-state index contributed by atoms with van der Waals surface area (Å²) in [5.74, 6) is 0. The zero-order valence-electron chi connectivity index (χ0n) is 6.25. The number of fused-ring (bicyclic) bond motifs is 1. The summed E-state index contributed by atoms with van der Waals surface area (Å²) >= 11 is 0. The molecule has 0 bridgehead atoms. The van der Waals surface area contributed by atoms with Gasteiger partial charge in [-0.1, -0.05) is 42.5 Å². The van der Waals surface area contributed by atoms with Gasteiger partial charge in [0.1, 0.15) is 0 Å². The van der Waals surface area contributed by atoms with Crippen LogP contribution in [0.5, 0.6) is 0 Å². The van der Waals surface area contributed by atoms with Gasteiger partial charge in [0.25, 0.3) is 0 Å². The van der Waals surface area contributed by atoms with Crippen molar-refractivity contribution < 1.29 is 0 Å². The monoisotopic (exact) mass is 141 g/mol. The van der Waals surface area contributed by atoms with Crippen molar-refractivity contribution in [3.05, 3.63) is 55.0 Å². The summed E-state index contributed by atoms with van der Waals surface area (Å²) in [6.07, 6.45) is 0. The van der Waals surface area contributed by atoms with E-state index in [4.69, 9.17) is 0 Å². The van der Waals surface area contributed by atoms with Crippen LogP contribution in [0.1, 0.15) is 5.56 Å². The summed E-state index contributed by atoms with van der Waals surface area (Å²) in [6, 6.07) is 14.5. The Morgan fingerprint density at radius 3 is 2.27 bits per heavy atom. The van der Waals surface area contributed by atoms with Crippen LogP contribution in [-0.4, -0.2) is 0 Å². The molecule has 0 heterocycles. The minimum absolute atomic E-state index is 1.06. The topological polar surface area (TPSA) is 0 Å². The van der Waals surface area contributed by atoms with Crippen molar-refractivity contribution in [2.75, 3.05) is 0 Å². The molecule has 0 aromatic carbocycles. The predicted molar refractivity (Wildman–Crippen MR) is 47.5 cm³/mol. The molecule has 0 atom stereocenters. The second kappa shape index (κ2) is 2.39. The average molecular weight is 141 g/mol. The lowest BCUT2D eigenvalue weighted by atomic mass is 10.2. The van der Waals surface area contributed by atoms with Crippen molar-refractivity contribution in [2.45, 2.75) is 0 Å². The van der Waals surface area contributed by atoms with Gasteiger partial charge < -0.3 is 0 Å². The summed E-state index contributed by atoms with van der Waals surface area (Å²) in [6.45, 7) is 3.89. The van der Waals surface area contributed by atoms with Crippen LogP contribution in [-0.2, 0) is 0 Å². The predicted octanol–water partition coefficient (Wildman–Crippen LogP) is 2.97. The maximum atomic E-state index is 3.89. The van der Waals surface area contributed by atoms with E-state index in [-0.39, 0.29) is 0 Å². The average Bonchev–Trinajstić information content (AvgIpc) is 2.31. The molecule has 0 saturated heterocycles. The number of rotatable bonds is 0. The Morgan fingerprint density at radius 2 is 1.45 bits per heavy atom. The molecule has 0 aromatic heterocycles. The molecule has 2 aliphatic rings. The van der Waals surface area contributed by atoms with Crippen molar-refractivity contribution in [1.29, 1.82) is 0 Å². The van der Waals surface area contributed by atoms with Crippen molar-refractivity contribution in [1.82, 2.24) is 0 Å². The molecule has 11 heavy (non-hydrogen) atoms. The minimum atomic E-state index is 1.06.